The van der Waals surface area contributed by atoms with Gasteiger partial charge in [-0.3, -0.25) is 18.6 Å². The van der Waals surface area contributed by atoms with E-state index in [4.69, 9.17) is 18.5 Å². The van der Waals surface area contributed by atoms with Gasteiger partial charge in [0.2, 0.25) is 0 Å². The van der Waals surface area contributed by atoms with E-state index in [0.717, 1.165) is 70.6 Å². The van der Waals surface area contributed by atoms with Crippen LogP contribution in [0.2, 0.25) is 0 Å². The van der Waals surface area contributed by atoms with Gasteiger partial charge in [0.05, 0.1) is 6.61 Å². The standard InChI is InChI=1S/C45H83O13P/c1-3-5-7-9-11-12-13-14-15-16-17-18-19-20-21-22-23-24-25-26-28-30-32-34-39(47)57-37(35-55-38(46)33-31-29-27-10-8-6-4-2)36-56-59(53,54)58-45-43(51)41(49)40(48)42(50)44(45)52/h13-14,16-17,37,40-45,48-52H,3-12,15,18-36H2,1-2H3,(H,53,54)/b14-13-,17-16-. The van der Waals surface area contributed by atoms with Crippen molar-refractivity contribution in [3.63, 3.8) is 0 Å². The van der Waals surface area contributed by atoms with Gasteiger partial charge in [0.1, 0.15) is 43.2 Å². The van der Waals surface area contributed by atoms with Crippen molar-refractivity contribution < 1.29 is 63.1 Å². The van der Waals surface area contributed by atoms with Crippen LogP contribution in [-0.4, -0.2) is 98.3 Å². The number of phosphoric ester groups is 1. The van der Waals surface area contributed by atoms with E-state index in [1.165, 1.54) is 83.5 Å². The molecule has 0 aliphatic heterocycles. The number of unbranched alkanes of at least 4 members (excludes halogenated alkanes) is 22. The summed E-state index contributed by atoms with van der Waals surface area (Å²) in [6.45, 7) is 3.23. The Kier molecular flexibility index (Phi) is 33.7. The van der Waals surface area contributed by atoms with Gasteiger partial charge in [0.15, 0.2) is 6.10 Å². The van der Waals surface area contributed by atoms with Gasteiger partial charge in [-0.25, -0.2) is 4.57 Å². The van der Waals surface area contributed by atoms with E-state index < -0.39 is 75.7 Å². The number of hydrogen-bond acceptors (Lipinski definition) is 12. The molecule has 59 heavy (non-hydrogen) atoms. The molecule has 0 aromatic carbocycles. The van der Waals surface area contributed by atoms with E-state index in [9.17, 15) is 44.6 Å². The number of rotatable bonds is 38. The Labute approximate surface area is 356 Å². The summed E-state index contributed by atoms with van der Waals surface area (Å²) in [5.74, 6) is -1.10. The van der Waals surface area contributed by atoms with Crippen LogP contribution in [0.4, 0.5) is 0 Å². The number of ether oxygens (including phenoxy) is 2. The zero-order chi connectivity index (χ0) is 43.6. The first-order chi connectivity index (χ1) is 28.4. The molecule has 0 amide bonds. The Morgan fingerprint density at radius 1 is 0.525 bits per heavy atom. The summed E-state index contributed by atoms with van der Waals surface area (Å²) in [4.78, 5) is 35.5. The summed E-state index contributed by atoms with van der Waals surface area (Å²) in [5.41, 5.74) is 0. The summed E-state index contributed by atoms with van der Waals surface area (Å²) >= 11 is 0. The van der Waals surface area contributed by atoms with Gasteiger partial charge >= 0.3 is 19.8 Å². The van der Waals surface area contributed by atoms with Gasteiger partial charge < -0.3 is 39.9 Å². The molecule has 0 aromatic rings. The Balaban J connectivity index is 2.34. The van der Waals surface area contributed by atoms with Gasteiger partial charge in [-0.1, -0.05) is 160 Å². The minimum absolute atomic E-state index is 0.0966. The van der Waals surface area contributed by atoms with Gasteiger partial charge in [-0.05, 0) is 44.9 Å². The van der Waals surface area contributed by atoms with Gasteiger partial charge in [-0.2, -0.15) is 0 Å². The third kappa shape index (κ3) is 28.5. The van der Waals surface area contributed by atoms with Crippen molar-refractivity contribution >= 4 is 19.8 Å². The number of carbonyl (C=O) groups is 2. The highest BCUT2D eigenvalue weighted by Crippen LogP contribution is 2.47. The highest BCUT2D eigenvalue weighted by molar-refractivity contribution is 7.47. The average Bonchev–Trinajstić information content (AvgIpc) is 3.21. The third-order valence-electron chi connectivity index (χ3n) is 10.8. The molecule has 1 rings (SSSR count). The summed E-state index contributed by atoms with van der Waals surface area (Å²) < 4.78 is 33.4. The number of hydrogen-bond donors (Lipinski definition) is 6. The zero-order valence-electron chi connectivity index (χ0n) is 36.6. The van der Waals surface area contributed by atoms with E-state index in [-0.39, 0.29) is 12.8 Å². The first kappa shape index (κ1) is 55.3. The highest BCUT2D eigenvalue weighted by atomic mass is 31.2. The molecular formula is C45H83O13P. The van der Waals surface area contributed by atoms with Crippen LogP contribution >= 0.6 is 7.82 Å². The van der Waals surface area contributed by atoms with Gasteiger partial charge in [-0.15, -0.1) is 0 Å². The number of phosphoric acid groups is 1. The van der Waals surface area contributed by atoms with Crippen LogP contribution in [-0.2, 0) is 32.7 Å². The molecule has 6 atom stereocenters. The molecule has 0 bridgehead atoms. The lowest BCUT2D eigenvalue weighted by atomic mass is 9.85. The predicted molar refractivity (Wildman–Crippen MR) is 230 cm³/mol. The molecule has 6 unspecified atom stereocenters. The largest absolute Gasteiger partial charge is 0.472 e. The molecule has 1 aliphatic rings. The quantitative estimate of drug-likeness (QED) is 0.0149. The molecule has 0 spiro atoms. The summed E-state index contributed by atoms with van der Waals surface area (Å²) in [6.07, 6.45) is 25.6. The normalized spacial score (nSPS) is 22.5. The van der Waals surface area contributed by atoms with Crippen LogP contribution in [0.1, 0.15) is 194 Å². The van der Waals surface area contributed by atoms with Crippen LogP contribution in [0.5, 0.6) is 0 Å². The van der Waals surface area contributed by atoms with Crippen LogP contribution in [0.15, 0.2) is 24.3 Å². The van der Waals surface area contributed by atoms with E-state index >= 15 is 0 Å². The van der Waals surface area contributed by atoms with Gasteiger partial charge in [0, 0.05) is 12.8 Å². The topological polar surface area (TPSA) is 210 Å². The molecule has 1 fully saturated rings. The lowest BCUT2D eigenvalue weighted by molar-refractivity contribution is -0.220. The molecule has 0 aromatic heterocycles. The number of esters is 2. The number of aliphatic hydroxyl groups excluding tert-OH is 5. The highest BCUT2D eigenvalue weighted by Gasteiger charge is 2.51. The van der Waals surface area contributed by atoms with E-state index in [2.05, 4.69) is 38.2 Å². The molecule has 6 N–H and O–H groups in total. The Morgan fingerprint density at radius 3 is 1.37 bits per heavy atom. The number of allylic oxidation sites excluding steroid dienone is 4. The van der Waals surface area contributed by atoms with Crippen molar-refractivity contribution in [2.75, 3.05) is 13.2 Å². The lowest BCUT2D eigenvalue weighted by Crippen LogP contribution is -2.64. The second-order valence-corrected chi connectivity index (χ2v) is 17.7. The average molecular weight is 863 g/mol. The second kappa shape index (κ2) is 35.9. The number of aliphatic hydroxyl groups is 5. The Bertz CT molecular complexity index is 1130. The monoisotopic (exact) mass is 863 g/mol. The predicted octanol–water partition coefficient (Wildman–Crippen LogP) is 8.84. The zero-order valence-corrected chi connectivity index (χ0v) is 37.4. The minimum atomic E-state index is -5.11. The molecule has 0 saturated heterocycles. The molecule has 0 radical (unpaired) electrons. The van der Waals surface area contributed by atoms with Crippen molar-refractivity contribution in [1.29, 1.82) is 0 Å². The minimum Gasteiger partial charge on any atom is -0.462 e. The molecule has 14 heteroatoms. The number of carbonyl (C=O) groups excluding carboxylic acids is 2. The summed E-state index contributed by atoms with van der Waals surface area (Å²) in [5, 5.41) is 50.0. The molecule has 13 nitrogen and oxygen atoms in total. The van der Waals surface area contributed by atoms with Crippen LogP contribution in [0.25, 0.3) is 0 Å². The smallest absolute Gasteiger partial charge is 0.462 e. The second-order valence-electron chi connectivity index (χ2n) is 16.3. The van der Waals surface area contributed by atoms with Crippen molar-refractivity contribution in [3.05, 3.63) is 24.3 Å². The SMILES string of the molecule is CCCCCCC/C=C\C/C=C\CCCCCCCCCCCCCC(=O)OC(COC(=O)CCCCCCCCC)COP(=O)(O)OC1C(O)C(O)C(O)C(O)C1O. The first-order valence-electron chi connectivity index (χ1n) is 23.1. The summed E-state index contributed by atoms with van der Waals surface area (Å²) in [7, 11) is -5.11. The maximum Gasteiger partial charge on any atom is 0.472 e. The lowest BCUT2D eigenvalue weighted by Gasteiger charge is -2.41. The van der Waals surface area contributed by atoms with E-state index in [1.54, 1.807) is 0 Å². The molecule has 346 valence electrons. The summed E-state index contributed by atoms with van der Waals surface area (Å²) in [6, 6.07) is 0. The molecule has 0 heterocycles. The van der Waals surface area contributed by atoms with Crippen LogP contribution in [0.3, 0.4) is 0 Å². The van der Waals surface area contributed by atoms with Crippen LogP contribution < -0.4 is 0 Å². The third-order valence-corrected chi connectivity index (χ3v) is 11.8. The van der Waals surface area contributed by atoms with Crippen LogP contribution in [0, 0.1) is 0 Å². The van der Waals surface area contributed by atoms with E-state index in [0.29, 0.717) is 12.8 Å². The fourth-order valence-corrected chi connectivity index (χ4v) is 8.00. The first-order valence-corrected chi connectivity index (χ1v) is 24.6. The van der Waals surface area contributed by atoms with Crippen molar-refractivity contribution in [2.45, 2.75) is 236 Å². The fourth-order valence-electron chi connectivity index (χ4n) is 7.02. The van der Waals surface area contributed by atoms with E-state index in [1.807, 2.05) is 0 Å². The molecule has 1 saturated carbocycles. The molecular weight excluding hydrogens is 779 g/mol. The van der Waals surface area contributed by atoms with Crippen molar-refractivity contribution in [2.24, 2.45) is 0 Å². The Morgan fingerprint density at radius 2 is 0.915 bits per heavy atom. The van der Waals surface area contributed by atoms with Gasteiger partial charge in [0.25, 0.3) is 0 Å². The van der Waals surface area contributed by atoms with Crippen molar-refractivity contribution in [3.8, 4) is 0 Å². The maximum absolute atomic E-state index is 12.8. The Hall–Kier alpha value is -1.67. The molecule has 1 aliphatic carbocycles. The maximum atomic E-state index is 12.8. The van der Waals surface area contributed by atoms with Crippen molar-refractivity contribution in [1.82, 2.24) is 0 Å². The fraction of sp³-hybridized carbons (Fsp3) is 0.867.